The third-order valence-electron chi connectivity index (χ3n) is 4.65. The van der Waals surface area contributed by atoms with Crippen LogP contribution < -0.4 is 0 Å². The van der Waals surface area contributed by atoms with Crippen molar-refractivity contribution < 1.29 is 4.92 Å². The van der Waals surface area contributed by atoms with Crippen molar-refractivity contribution in [2.45, 2.75) is 26.3 Å². The third kappa shape index (κ3) is 3.22. The monoisotopic (exact) mass is 345 g/mol. The van der Waals surface area contributed by atoms with Gasteiger partial charge in [-0.3, -0.25) is 10.1 Å². The van der Waals surface area contributed by atoms with Crippen molar-refractivity contribution in [3.05, 3.63) is 76.0 Å². The summed E-state index contributed by atoms with van der Waals surface area (Å²) in [5, 5.41) is 21.5. The summed E-state index contributed by atoms with van der Waals surface area (Å²) in [5.74, 6) is 0. The van der Waals surface area contributed by atoms with Gasteiger partial charge in [0.1, 0.15) is 0 Å². The number of benzene rings is 2. The van der Waals surface area contributed by atoms with Crippen molar-refractivity contribution in [3.8, 4) is 6.07 Å². The van der Waals surface area contributed by atoms with Crippen molar-refractivity contribution in [1.82, 2.24) is 4.57 Å². The molecule has 0 aliphatic carbocycles. The first-order valence-corrected chi connectivity index (χ1v) is 8.51. The summed E-state index contributed by atoms with van der Waals surface area (Å²) < 4.78 is 2.23. The quantitative estimate of drug-likeness (QED) is 0.344. The van der Waals surface area contributed by atoms with Gasteiger partial charge in [0.25, 0.3) is 5.69 Å². The molecule has 0 saturated heterocycles. The smallest absolute Gasteiger partial charge is 0.269 e. The van der Waals surface area contributed by atoms with Crippen LogP contribution in [0, 0.1) is 21.4 Å². The van der Waals surface area contributed by atoms with Crippen molar-refractivity contribution in [3.63, 3.8) is 0 Å². The van der Waals surface area contributed by atoms with Crippen LogP contribution in [0.4, 0.5) is 5.69 Å². The molecular formula is C21H19N3O2. The second-order valence-corrected chi connectivity index (χ2v) is 6.24. The van der Waals surface area contributed by atoms with E-state index in [2.05, 4.69) is 36.7 Å². The maximum absolute atomic E-state index is 10.8. The van der Waals surface area contributed by atoms with Crippen LogP contribution in [0.1, 0.15) is 37.4 Å². The zero-order valence-corrected chi connectivity index (χ0v) is 14.7. The van der Waals surface area contributed by atoms with E-state index in [1.165, 1.54) is 12.1 Å². The molecule has 130 valence electrons. The van der Waals surface area contributed by atoms with Crippen LogP contribution in [0.15, 0.2) is 54.7 Å². The fourth-order valence-corrected chi connectivity index (χ4v) is 3.01. The highest BCUT2D eigenvalue weighted by atomic mass is 16.6. The highest BCUT2D eigenvalue weighted by Gasteiger charge is 2.12. The van der Waals surface area contributed by atoms with Crippen LogP contribution in [0.3, 0.4) is 0 Å². The van der Waals surface area contributed by atoms with Crippen LogP contribution in [-0.4, -0.2) is 9.49 Å². The van der Waals surface area contributed by atoms with E-state index in [0.29, 0.717) is 17.2 Å². The predicted octanol–water partition coefficient (Wildman–Crippen LogP) is 5.58. The molecule has 0 unspecified atom stereocenters. The Hall–Kier alpha value is -3.39. The Morgan fingerprint density at radius 2 is 1.96 bits per heavy atom. The summed E-state index contributed by atoms with van der Waals surface area (Å²) in [7, 11) is 0. The molecule has 1 aromatic heterocycles. The van der Waals surface area contributed by atoms with Crippen LogP contribution in [0.2, 0.25) is 0 Å². The predicted molar refractivity (Wildman–Crippen MR) is 104 cm³/mol. The minimum absolute atomic E-state index is 0.0133. The largest absolute Gasteiger partial charge is 0.344 e. The maximum Gasteiger partial charge on any atom is 0.269 e. The number of non-ortho nitro benzene ring substituents is 1. The fourth-order valence-electron chi connectivity index (χ4n) is 3.01. The van der Waals surface area contributed by atoms with E-state index in [1.54, 1.807) is 12.1 Å². The molecule has 5 nitrogen and oxygen atoms in total. The number of para-hydroxylation sites is 1. The number of aromatic nitrogens is 1. The lowest BCUT2D eigenvalue weighted by atomic mass is 10.0. The topological polar surface area (TPSA) is 71.9 Å². The number of nitro groups is 1. The summed E-state index contributed by atoms with van der Waals surface area (Å²) in [6.45, 7) is 4.31. The molecule has 3 rings (SSSR count). The fraction of sp³-hybridized carbons (Fsp3) is 0.190. The Balaban J connectivity index is 2.10. The van der Waals surface area contributed by atoms with Gasteiger partial charge in [-0.1, -0.05) is 25.1 Å². The first-order chi connectivity index (χ1) is 12.5. The van der Waals surface area contributed by atoms with E-state index < -0.39 is 4.92 Å². The third-order valence-corrected chi connectivity index (χ3v) is 4.65. The summed E-state index contributed by atoms with van der Waals surface area (Å²) in [6.07, 6.45) is 4.93. The van der Waals surface area contributed by atoms with Crippen LogP contribution >= 0.6 is 0 Å². The number of hydrogen-bond acceptors (Lipinski definition) is 3. The van der Waals surface area contributed by atoms with Gasteiger partial charge in [-0.05, 0) is 43.2 Å². The van der Waals surface area contributed by atoms with Crippen molar-refractivity contribution in [1.29, 1.82) is 5.26 Å². The molecular weight excluding hydrogens is 326 g/mol. The highest BCUT2D eigenvalue weighted by molar-refractivity contribution is 5.98. The van der Waals surface area contributed by atoms with Gasteiger partial charge in [-0.15, -0.1) is 0 Å². The molecule has 5 heteroatoms. The Kier molecular flexibility index (Phi) is 4.85. The van der Waals surface area contributed by atoms with Crippen molar-refractivity contribution in [2.24, 2.45) is 0 Å². The number of hydrogen-bond donors (Lipinski definition) is 0. The van der Waals surface area contributed by atoms with Gasteiger partial charge in [-0.25, -0.2) is 0 Å². The van der Waals surface area contributed by atoms with E-state index >= 15 is 0 Å². The molecule has 1 atom stereocenters. The average Bonchev–Trinajstić information content (AvgIpc) is 3.04. The van der Waals surface area contributed by atoms with Crippen LogP contribution in [0.25, 0.3) is 22.6 Å². The normalized spacial score (nSPS) is 12.7. The van der Waals surface area contributed by atoms with Crippen LogP contribution in [-0.2, 0) is 0 Å². The van der Waals surface area contributed by atoms with E-state index in [1.807, 2.05) is 24.3 Å². The molecule has 0 spiro atoms. The lowest BCUT2D eigenvalue weighted by Gasteiger charge is -2.12. The summed E-state index contributed by atoms with van der Waals surface area (Å²) >= 11 is 0. The molecule has 0 aliphatic heterocycles. The highest BCUT2D eigenvalue weighted by Crippen LogP contribution is 2.29. The zero-order chi connectivity index (χ0) is 18.7. The number of nitriles is 1. The van der Waals surface area contributed by atoms with E-state index in [-0.39, 0.29) is 5.69 Å². The van der Waals surface area contributed by atoms with Gasteiger partial charge in [0.15, 0.2) is 0 Å². The first kappa shape index (κ1) is 17.4. The number of allylic oxidation sites excluding steroid dienone is 1. The van der Waals surface area contributed by atoms with Crippen molar-refractivity contribution >= 4 is 28.2 Å². The Morgan fingerprint density at radius 1 is 1.27 bits per heavy atom. The minimum Gasteiger partial charge on any atom is -0.344 e. The second kappa shape index (κ2) is 7.24. The number of nitrogens with zero attached hydrogens (tertiary/aromatic N) is 3. The van der Waals surface area contributed by atoms with E-state index in [0.717, 1.165) is 22.9 Å². The Labute approximate surface area is 151 Å². The molecule has 2 aromatic carbocycles. The van der Waals surface area contributed by atoms with E-state index in [9.17, 15) is 15.4 Å². The van der Waals surface area contributed by atoms with Crippen molar-refractivity contribution in [2.75, 3.05) is 0 Å². The minimum atomic E-state index is -0.445. The van der Waals surface area contributed by atoms with Gasteiger partial charge in [0, 0.05) is 40.8 Å². The maximum atomic E-state index is 10.8. The lowest BCUT2D eigenvalue weighted by Crippen LogP contribution is -2.01. The summed E-state index contributed by atoms with van der Waals surface area (Å²) in [6, 6.07) is 16.8. The number of nitro benzene ring substituents is 1. The molecule has 0 N–H and O–H groups in total. The van der Waals surface area contributed by atoms with Gasteiger partial charge in [-0.2, -0.15) is 5.26 Å². The first-order valence-electron chi connectivity index (χ1n) is 8.51. The second-order valence-electron chi connectivity index (χ2n) is 6.24. The molecule has 26 heavy (non-hydrogen) atoms. The van der Waals surface area contributed by atoms with Gasteiger partial charge in [0.05, 0.1) is 16.6 Å². The lowest BCUT2D eigenvalue weighted by molar-refractivity contribution is -0.384. The van der Waals surface area contributed by atoms with Gasteiger partial charge < -0.3 is 4.57 Å². The SMILES string of the molecule is CC[C@H](C)n1cc(/C=C(/C#N)c2ccc([N+](=O)[O-])cc2)c2ccccc21. The summed E-state index contributed by atoms with van der Waals surface area (Å²) in [4.78, 5) is 10.4. The molecule has 0 saturated carbocycles. The van der Waals surface area contributed by atoms with Crippen LogP contribution in [0.5, 0.6) is 0 Å². The molecule has 0 radical (unpaired) electrons. The Morgan fingerprint density at radius 3 is 2.58 bits per heavy atom. The standard InChI is InChI=1S/C21H19N3O2/c1-3-15(2)23-14-18(20-6-4-5-7-21(20)23)12-17(13-22)16-8-10-19(11-9-16)24(25)26/h4-12,14-15H,3H2,1-2H3/b17-12-/t15-/m0/s1. The number of fused-ring (bicyclic) bond motifs is 1. The molecule has 1 heterocycles. The zero-order valence-electron chi connectivity index (χ0n) is 14.7. The van der Waals surface area contributed by atoms with E-state index in [4.69, 9.17) is 0 Å². The molecule has 0 fully saturated rings. The number of rotatable bonds is 5. The molecule has 0 aliphatic rings. The van der Waals surface area contributed by atoms with Gasteiger partial charge >= 0.3 is 0 Å². The molecule has 3 aromatic rings. The molecule has 0 amide bonds. The molecule has 0 bridgehead atoms. The Bertz CT molecular complexity index is 1020. The summed E-state index contributed by atoms with van der Waals surface area (Å²) in [5.41, 5.74) is 3.26. The average molecular weight is 345 g/mol. The van der Waals surface area contributed by atoms with Gasteiger partial charge in [0.2, 0.25) is 0 Å².